The summed E-state index contributed by atoms with van der Waals surface area (Å²) in [5.74, 6) is 1.27. The molecule has 2 nitrogen and oxygen atoms in total. The minimum Gasteiger partial charge on any atom is -0.497 e. The van der Waals surface area contributed by atoms with Crippen LogP contribution in [0.1, 0.15) is 51.1 Å². The van der Waals surface area contributed by atoms with Crippen LogP contribution >= 0.6 is 11.6 Å². The lowest BCUT2D eigenvalue weighted by atomic mass is 9.87. The highest BCUT2D eigenvalue weighted by atomic mass is 35.5. The molecular weight excluding hydrogens is 246 g/mol. The van der Waals surface area contributed by atoms with Crippen LogP contribution in [0.25, 0.3) is 0 Å². The van der Waals surface area contributed by atoms with Crippen molar-refractivity contribution in [2.75, 3.05) is 7.11 Å². The van der Waals surface area contributed by atoms with Gasteiger partial charge in [-0.15, -0.1) is 0 Å². The molecule has 0 radical (unpaired) electrons. The standard InChI is InChI=1S/C15H24ClNO/c1-4-6-7-11(5-2)15(17)13-9-8-12(18-3)10-14(13)16/h8-11,15H,4-7,17H2,1-3H3. The second kappa shape index (κ2) is 7.65. The first-order valence-electron chi connectivity index (χ1n) is 6.73. The molecule has 2 N–H and O–H groups in total. The molecular formula is C15H24ClNO. The molecule has 2 unspecified atom stereocenters. The number of hydrogen-bond donors (Lipinski definition) is 1. The number of nitrogens with two attached hydrogens (primary N) is 1. The Bertz CT molecular complexity index is 368. The van der Waals surface area contributed by atoms with E-state index in [1.54, 1.807) is 7.11 Å². The first kappa shape index (κ1) is 15.3. The summed E-state index contributed by atoms with van der Waals surface area (Å²) in [7, 11) is 1.64. The molecule has 1 aromatic rings. The fraction of sp³-hybridized carbons (Fsp3) is 0.600. The predicted molar refractivity (Wildman–Crippen MR) is 78.2 cm³/mol. The number of unbranched alkanes of at least 4 members (excludes halogenated alkanes) is 1. The minimum atomic E-state index is 0.0138. The lowest BCUT2D eigenvalue weighted by Gasteiger charge is -2.24. The van der Waals surface area contributed by atoms with E-state index in [0.717, 1.165) is 24.2 Å². The van der Waals surface area contributed by atoms with Gasteiger partial charge in [-0.2, -0.15) is 0 Å². The van der Waals surface area contributed by atoms with Crippen molar-refractivity contribution >= 4 is 11.6 Å². The topological polar surface area (TPSA) is 35.2 Å². The van der Waals surface area contributed by atoms with Gasteiger partial charge in [0.15, 0.2) is 0 Å². The largest absolute Gasteiger partial charge is 0.497 e. The number of ether oxygens (including phenoxy) is 1. The predicted octanol–water partition coefficient (Wildman–Crippen LogP) is 4.56. The summed E-state index contributed by atoms with van der Waals surface area (Å²) >= 11 is 6.28. The summed E-state index contributed by atoms with van der Waals surface area (Å²) in [5, 5.41) is 0.705. The van der Waals surface area contributed by atoms with Gasteiger partial charge in [0, 0.05) is 11.1 Å². The van der Waals surface area contributed by atoms with Crippen molar-refractivity contribution in [2.45, 2.75) is 45.6 Å². The molecule has 0 heterocycles. The van der Waals surface area contributed by atoms with E-state index in [9.17, 15) is 0 Å². The maximum absolute atomic E-state index is 6.36. The Labute approximate surface area is 115 Å². The van der Waals surface area contributed by atoms with Gasteiger partial charge in [-0.05, 0) is 30.0 Å². The average molecular weight is 270 g/mol. The third-order valence-corrected chi connectivity index (χ3v) is 3.85. The van der Waals surface area contributed by atoms with Crippen molar-refractivity contribution in [1.82, 2.24) is 0 Å². The van der Waals surface area contributed by atoms with Crippen molar-refractivity contribution in [3.8, 4) is 5.75 Å². The maximum Gasteiger partial charge on any atom is 0.120 e. The fourth-order valence-electron chi connectivity index (χ4n) is 2.26. The van der Waals surface area contributed by atoms with E-state index in [1.165, 1.54) is 12.8 Å². The van der Waals surface area contributed by atoms with Gasteiger partial charge < -0.3 is 10.5 Å². The molecule has 1 rings (SSSR count). The van der Waals surface area contributed by atoms with Gasteiger partial charge in [-0.3, -0.25) is 0 Å². The van der Waals surface area contributed by atoms with Crippen molar-refractivity contribution in [3.63, 3.8) is 0 Å². The van der Waals surface area contributed by atoms with Gasteiger partial charge in [0.25, 0.3) is 0 Å². The van der Waals surface area contributed by atoms with Crippen LogP contribution in [0.4, 0.5) is 0 Å². The van der Waals surface area contributed by atoms with Crippen LogP contribution in [0.2, 0.25) is 5.02 Å². The van der Waals surface area contributed by atoms with Crippen molar-refractivity contribution in [2.24, 2.45) is 11.7 Å². The summed E-state index contributed by atoms with van der Waals surface area (Å²) in [5.41, 5.74) is 7.39. The summed E-state index contributed by atoms with van der Waals surface area (Å²) in [6, 6.07) is 5.76. The lowest BCUT2D eigenvalue weighted by Crippen LogP contribution is -2.21. The van der Waals surface area contributed by atoms with E-state index >= 15 is 0 Å². The van der Waals surface area contributed by atoms with E-state index in [2.05, 4.69) is 13.8 Å². The smallest absolute Gasteiger partial charge is 0.120 e. The van der Waals surface area contributed by atoms with Crippen LogP contribution in [0.5, 0.6) is 5.75 Å². The molecule has 1 aromatic carbocycles. The van der Waals surface area contributed by atoms with Gasteiger partial charge in [-0.1, -0.05) is 50.8 Å². The summed E-state index contributed by atoms with van der Waals surface area (Å²) in [6.07, 6.45) is 4.68. The number of hydrogen-bond acceptors (Lipinski definition) is 2. The minimum absolute atomic E-state index is 0.0138. The lowest BCUT2D eigenvalue weighted by molar-refractivity contribution is 0.377. The molecule has 2 atom stereocenters. The highest BCUT2D eigenvalue weighted by molar-refractivity contribution is 6.31. The van der Waals surface area contributed by atoms with Crippen LogP contribution in [-0.2, 0) is 0 Å². The molecule has 0 saturated carbocycles. The highest BCUT2D eigenvalue weighted by Crippen LogP contribution is 2.33. The molecule has 102 valence electrons. The number of rotatable bonds is 7. The van der Waals surface area contributed by atoms with Crippen molar-refractivity contribution in [3.05, 3.63) is 28.8 Å². The Hall–Kier alpha value is -0.730. The summed E-state index contributed by atoms with van der Waals surface area (Å²) < 4.78 is 5.16. The summed E-state index contributed by atoms with van der Waals surface area (Å²) in [4.78, 5) is 0. The highest BCUT2D eigenvalue weighted by Gasteiger charge is 2.19. The molecule has 18 heavy (non-hydrogen) atoms. The average Bonchev–Trinajstić information content (AvgIpc) is 2.39. The Morgan fingerprint density at radius 2 is 2.06 bits per heavy atom. The Balaban J connectivity index is 2.83. The van der Waals surface area contributed by atoms with Crippen LogP contribution in [0.3, 0.4) is 0 Å². The van der Waals surface area contributed by atoms with E-state index in [-0.39, 0.29) is 6.04 Å². The number of benzene rings is 1. The molecule has 0 aliphatic heterocycles. The molecule has 0 fully saturated rings. The molecule has 0 saturated heterocycles. The molecule has 3 heteroatoms. The van der Waals surface area contributed by atoms with E-state index in [0.29, 0.717) is 10.9 Å². The zero-order valence-electron chi connectivity index (χ0n) is 11.6. The second-order valence-electron chi connectivity index (χ2n) is 4.72. The molecule has 0 spiro atoms. The van der Waals surface area contributed by atoms with Crippen LogP contribution in [0, 0.1) is 5.92 Å². The zero-order valence-corrected chi connectivity index (χ0v) is 12.3. The second-order valence-corrected chi connectivity index (χ2v) is 5.13. The quantitative estimate of drug-likeness (QED) is 0.787. The maximum atomic E-state index is 6.36. The third-order valence-electron chi connectivity index (χ3n) is 3.53. The monoisotopic (exact) mass is 269 g/mol. The SMILES string of the molecule is CCCCC(CC)C(N)c1ccc(OC)cc1Cl. The van der Waals surface area contributed by atoms with Gasteiger partial charge in [0.1, 0.15) is 5.75 Å². The van der Waals surface area contributed by atoms with E-state index in [1.807, 2.05) is 18.2 Å². The van der Waals surface area contributed by atoms with Crippen LogP contribution < -0.4 is 10.5 Å². The molecule has 0 aliphatic carbocycles. The Morgan fingerprint density at radius 1 is 1.33 bits per heavy atom. The first-order chi connectivity index (χ1) is 8.63. The third kappa shape index (κ3) is 3.89. The van der Waals surface area contributed by atoms with Gasteiger partial charge >= 0.3 is 0 Å². The molecule has 0 aliphatic rings. The normalized spacial score (nSPS) is 14.3. The van der Waals surface area contributed by atoms with Gasteiger partial charge in [0.2, 0.25) is 0 Å². The van der Waals surface area contributed by atoms with Gasteiger partial charge in [-0.25, -0.2) is 0 Å². The fourth-order valence-corrected chi connectivity index (χ4v) is 2.56. The van der Waals surface area contributed by atoms with Crippen molar-refractivity contribution in [1.29, 1.82) is 0 Å². The molecule has 0 bridgehead atoms. The number of halogens is 1. The first-order valence-corrected chi connectivity index (χ1v) is 7.10. The van der Waals surface area contributed by atoms with Crippen LogP contribution in [-0.4, -0.2) is 7.11 Å². The Kier molecular flexibility index (Phi) is 6.51. The number of methoxy groups -OCH3 is 1. The van der Waals surface area contributed by atoms with Gasteiger partial charge in [0.05, 0.1) is 7.11 Å². The summed E-state index contributed by atoms with van der Waals surface area (Å²) in [6.45, 7) is 4.40. The van der Waals surface area contributed by atoms with E-state index < -0.39 is 0 Å². The molecule has 0 amide bonds. The zero-order chi connectivity index (χ0) is 13.5. The Morgan fingerprint density at radius 3 is 2.56 bits per heavy atom. The van der Waals surface area contributed by atoms with Crippen LogP contribution in [0.15, 0.2) is 18.2 Å². The molecule has 0 aromatic heterocycles. The van der Waals surface area contributed by atoms with E-state index in [4.69, 9.17) is 22.1 Å². The van der Waals surface area contributed by atoms with Crippen molar-refractivity contribution < 1.29 is 4.74 Å².